The van der Waals surface area contributed by atoms with Crippen LogP contribution in [0.2, 0.25) is 0 Å². The summed E-state index contributed by atoms with van der Waals surface area (Å²) < 4.78 is 58.7. The van der Waals surface area contributed by atoms with Gasteiger partial charge < -0.3 is 37.9 Å². The minimum Gasteiger partial charge on any atom is -0.463 e. The van der Waals surface area contributed by atoms with E-state index in [1.54, 1.807) is 0 Å². The molecule has 0 aromatic heterocycles. The monoisotopic (exact) mass is 654 g/mol. The van der Waals surface area contributed by atoms with E-state index in [4.69, 9.17) is 82.1 Å². The average Bonchev–Trinajstić information content (AvgIpc) is 3.10. The summed E-state index contributed by atoms with van der Waals surface area (Å²) in [6.45, 7) is 3.71. The van der Waals surface area contributed by atoms with Crippen molar-refractivity contribution in [2.45, 2.75) is 89.4 Å². The van der Waals surface area contributed by atoms with Crippen molar-refractivity contribution in [2.24, 2.45) is 0 Å². The first kappa shape index (κ1) is 35.2. The topological polar surface area (TPSA) is 187 Å². The van der Waals surface area contributed by atoms with Gasteiger partial charge >= 0.3 is 29.8 Å². The third-order valence-corrected chi connectivity index (χ3v) is 6.03. The molecule has 2 aliphatic rings. The standard InChI is InChI=1S/C22H29Cl3O16/c1-9(26)31-6-14-16(41-25)18(35-11(3)28)19(36-12(4)29)21(38-14)40-22(8-33-24)20(37-13(5)30)17(34-10(2)27)15(39-22)7-32-23/h14-21H,6-8H2,1-5H3/t14-,15-,16-,17-,18+,19-,20+,21-,22+/m1/s1. The van der Waals surface area contributed by atoms with Gasteiger partial charge in [-0.2, -0.15) is 0 Å². The largest absolute Gasteiger partial charge is 0.463 e. The second kappa shape index (κ2) is 16.0. The molecule has 0 aliphatic carbocycles. The molecule has 0 aromatic rings. The SMILES string of the molecule is CC(=O)OC[C@H]1O[C@H](O[C@]2(COCl)O[C@H](COCl)[C@@H](OC(C)=O)[C@@H]2OC(C)=O)[C@H](OC(C)=O)[C@@H](OC(C)=O)[C@@H]1OCl. The zero-order valence-electron chi connectivity index (χ0n) is 22.4. The number of ether oxygens (including phenoxy) is 8. The summed E-state index contributed by atoms with van der Waals surface area (Å²) in [7, 11) is 0. The molecule has 0 amide bonds. The molecule has 2 aliphatic heterocycles. The molecule has 0 spiro atoms. The minimum absolute atomic E-state index is 0.420. The van der Waals surface area contributed by atoms with E-state index in [-0.39, 0.29) is 0 Å². The fraction of sp³-hybridized carbons (Fsp3) is 0.773. The van der Waals surface area contributed by atoms with Gasteiger partial charge in [-0.15, -0.1) is 0 Å². The summed E-state index contributed by atoms with van der Waals surface area (Å²) in [5.74, 6) is -6.37. The number of carbonyl (C=O) groups is 5. The van der Waals surface area contributed by atoms with Crippen LogP contribution in [0.25, 0.3) is 0 Å². The first-order valence-corrected chi connectivity index (χ1v) is 12.8. The smallest absolute Gasteiger partial charge is 0.303 e. The Balaban J connectivity index is 2.65. The molecule has 16 nitrogen and oxygen atoms in total. The maximum Gasteiger partial charge on any atom is 0.303 e. The molecule has 234 valence electrons. The lowest BCUT2D eigenvalue weighted by Crippen LogP contribution is -2.65. The maximum absolute atomic E-state index is 12.1. The second-order valence-corrected chi connectivity index (χ2v) is 9.38. The molecular formula is C22H29Cl3O16. The van der Waals surface area contributed by atoms with Gasteiger partial charge in [-0.1, -0.05) is 0 Å². The molecule has 0 bridgehead atoms. The third-order valence-electron chi connectivity index (χ3n) is 5.59. The number of carbonyl (C=O) groups excluding carboxylic acids is 5. The Labute approximate surface area is 249 Å². The number of hydrogen-bond donors (Lipinski definition) is 0. The van der Waals surface area contributed by atoms with Crippen LogP contribution in [-0.4, -0.2) is 104 Å². The van der Waals surface area contributed by atoms with Crippen molar-refractivity contribution >= 4 is 65.4 Å². The van der Waals surface area contributed by atoms with E-state index >= 15 is 0 Å². The Kier molecular flexibility index (Phi) is 13.7. The van der Waals surface area contributed by atoms with Gasteiger partial charge in [0.2, 0.25) is 12.1 Å². The van der Waals surface area contributed by atoms with Gasteiger partial charge in [0, 0.05) is 34.6 Å². The van der Waals surface area contributed by atoms with Gasteiger partial charge in [0.15, 0.2) is 24.4 Å². The molecule has 0 N–H and O–H groups in total. The summed E-state index contributed by atoms with van der Waals surface area (Å²) in [6.07, 6.45) is -11.8. The van der Waals surface area contributed by atoms with Gasteiger partial charge in [0.05, 0.1) is 42.2 Å². The summed E-state index contributed by atoms with van der Waals surface area (Å²) in [6, 6.07) is 0. The number of halogens is 3. The van der Waals surface area contributed by atoms with Crippen LogP contribution < -0.4 is 0 Å². The Morgan fingerprint density at radius 3 is 1.71 bits per heavy atom. The first-order chi connectivity index (χ1) is 19.3. The second-order valence-electron chi connectivity index (χ2n) is 8.77. The van der Waals surface area contributed by atoms with Gasteiger partial charge in [0.25, 0.3) is 0 Å². The van der Waals surface area contributed by atoms with Crippen LogP contribution in [0.5, 0.6) is 0 Å². The van der Waals surface area contributed by atoms with Crippen molar-refractivity contribution in [2.75, 3.05) is 19.8 Å². The van der Waals surface area contributed by atoms with Crippen LogP contribution in [0.4, 0.5) is 0 Å². The van der Waals surface area contributed by atoms with Crippen LogP contribution >= 0.6 is 35.6 Å². The zero-order chi connectivity index (χ0) is 30.9. The van der Waals surface area contributed by atoms with Gasteiger partial charge in [0.1, 0.15) is 31.5 Å². The van der Waals surface area contributed by atoms with E-state index in [1.165, 1.54) is 0 Å². The van der Waals surface area contributed by atoms with Crippen LogP contribution in [0, 0.1) is 0 Å². The lowest BCUT2D eigenvalue weighted by Gasteiger charge is -2.46. The molecule has 2 rings (SSSR count). The summed E-state index contributed by atoms with van der Waals surface area (Å²) in [5, 5.41) is 0. The number of rotatable bonds is 13. The Hall–Kier alpha value is -2.02. The Morgan fingerprint density at radius 1 is 0.659 bits per heavy atom. The lowest BCUT2D eigenvalue weighted by atomic mass is 9.98. The van der Waals surface area contributed by atoms with Crippen molar-refractivity contribution in [3.63, 3.8) is 0 Å². The van der Waals surface area contributed by atoms with E-state index in [2.05, 4.69) is 4.29 Å². The fourth-order valence-corrected chi connectivity index (χ4v) is 4.76. The lowest BCUT2D eigenvalue weighted by molar-refractivity contribution is -0.381. The predicted octanol–water partition coefficient (Wildman–Crippen LogP) is 0.993. The minimum atomic E-state index is -2.27. The van der Waals surface area contributed by atoms with Crippen molar-refractivity contribution in [1.29, 1.82) is 0 Å². The molecule has 0 radical (unpaired) electrons. The Morgan fingerprint density at radius 2 is 1.22 bits per heavy atom. The molecule has 0 aromatic carbocycles. The average molecular weight is 656 g/mol. The molecule has 41 heavy (non-hydrogen) atoms. The molecule has 0 unspecified atom stereocenters. The van der Waals surface area contributed by atoms with Crippen LogP contribution in [0.3, 0.4) is 0 Å². The number of esters is 5. The van der Waals surface area contributed by atoms with Gasteiger partial charge in [-0.25, -0.2) is 0 Å². The van der Waals surface area contributed by atoms with Crippen molar-refractivity contribution < 1.29 is 74.7 Å². The summed E-state index contributed by atoms with van der Waals surface area (Å²) in [5.41, 5.74) is 0. The Bertz CT molecular complexity index is 952. The van der Waals surface area contributed by atoms with E-state index < -0.39 is 104 Å². The van der Waals surface area contributed by atoms with E-state index in [9.17, 15) is 24.0 Å². The van der Waals surface area contributed by atoms with Crippen LogP contribution in [0.15, 0.2) is 0 Å². The van der Waals surface area contributed by atoms with Crippen molar-refractivity contribution in [3.05, 3.63) is 0 Å². The number of hydrogen-bond acceptors (Lipinski definition) is 16. The highest BCUT2D eigenvalue weighted by Crippen LogP contribution is 2.41. The van der Waals surface area contributed by atoms with E-state index in [1.807, 2.05) is 0 Å². The van der Waals surface area contributed by atoms with E-state index in [0.29, 0.717) is 0 Å². The molecule has 19 heteroatoms. The molecule has 2 heterocycles. The zero-order valence-corrected chi connectivity index (χ0v) is 24.7. The van der Waals surface area contributed by atoms with Gasteiger partial charge in [-0.3, -0.25) is 36.8 Å². The fourth-order valence-electron chi connectivity index (χ4n) is 4.27. The van der Waals surface area contributed by atoms with Crippen LogP contribution in [-0.2, 0) is 74.7 Å². The van der Waals surface area contributed by atoms with Crippen LogP contribution in [0.1, 0.15) is 34.6 Å². The van der Waals surface area contributed by atoms with Crippen molar-refractivity contribution in [1.82, 2.24) is 0 Å². The normalized spacial score (nSPS) is 33.0. The van der Waals surface area contributed by atoms with Gasteiger partial charge in [-0.05, 0) is 0 Å². The highest BCUT2D eigenvalue weighted by atomic mass is 35.5. The summed E-state index contributed by atoms with van der Waals surface area (Å²) in [4.78, 5) is 59.6. The van der Waals surface area contributed by atoms with E-state index in [0.717, 1.165) is 34.6 Å². The highest BCUT2D eigenvalue weighted by Gasteiger charge is 2.64. The molecule has 2 saturated heterocycles. The highest BCUT2D eigenvalue weighted by molar-refractivity contribution is 6.07. The summed E-state index contributed by atoms with van der Waals surface area (Å²) >= 11 is 16.7. The maximum atomic E-state index is 12.1. The molecule has 0 saturated carbocycles. The third kappa shape index (κ3) is 9.49. The van der Waals surface area contributed by atoms with Crippen molar-refractivity contribution in [3.8, 4) is 0 Å². The predicted molar refractivity (Wildman–Crippen MR) is 131 cm³/mol. The molecule has 2 fully saturated rings. The molecular weight excluding hydrogens is 627 g/mol. The quantitative estimate of drug-likeness (QED) is 0.202. The molecule has 9 atom stereocenters. The first-order valence-electron chi connectivity index (χ1n) is 11.9.